The third kappa shape index (κ3) is 14.1. The minimum atomic E-state index is -1.04. The van der Waals surface area contributed by atoms with Gasteiger partial charge in [-0.25, -0.2) is 4.39 Å². The number of nitrogens with zero attached hydrogens (tertiary/aromatic N) is 3. The van der Waals surface area contributed by atoms with E-state index in [1.165, 1.54) is 18.2 Å². The number of amides is 7. The molecule has 3 aromatic rings. The highest BCUT2D eigenvalue weighted by Crippen LogP contribution is 2.37. The quantitative estimate of drug-likeness (QED) is 0.0307. The maximum Gasteiger partial charge on any atom is 0.271 e. The summed E-state index contributed by atoms with van der Waals surface area (Å²) in [6.07, 6.45) is 0.478. The molecule has 7 amide bonds. The standard InChI is InChI=1S/C51H60Cl2FN9O13/c1-29-27-61(49(68)31-6-8-32(9-7-31)58-46(66)36(55)26-39-45(56)60-48(76-39)43-34(52)10-11-35(54)44(43)53)28-30(2)62(29)41(65)14-16-71-18-20-73-22-24-75-25-23-74-21-19-72-17-15-57-37-5-3-4-33-42(37)51(70)63(50(33)69)38-12-13-40(64)59-47(38)67/h3-11,26,29-30,38,48,57,60H,12-25,27-28,55-56H2,1-2H3,(H,58,66)(H,59,64,67)/b36-26-/t29-,30+,38?,48-/m0/s1. The maximum atomic E-state index is 14.1. The molecule has 0 saturated carbocycles. The number of piperidine rings is 1. The Labute approximate surface area is 447 Å². The fourth-order valence-corrected chi connectivity index (χ4v) is 9.49. The molecule has 0 aromatic heterocycles. The largest absolute Gasteiger partial charge is 0.462 e. The highest BCUT2D eigenvalue weighted by Gasteiger charge is 2.45. The number of imide groups is 2. The zero-order valence-corrected chi connectivity index (χ0v) is 43.3. The number of nitrogens with two attached hydrogens (primary N) is 2. The summed E-state index contributed by atoms with van der Waals surface area (Å²) in [5.41, 5.74) is 13.5. The first kappa shape index (κ1) is 56.9. The van der Waals surface area contributed by atoms with E-state index in [1.807, 2.05) is 13.8 Å². The van der Waals surface area contributed by atoms with Crippen molar-refractivity contribution in [2.45, 2.75) is 57.5 Å². The predicted molar refractivity (Wildman–Crippen MR) is 274 cm³/mol. The molecule has 3 aromatic carbocycles. The molecule has 0 bridgehead atoms. The Morgan fingerprint density at radius 3 is 2.08 bits per heavy atom. The van der Waals surface area contributed by atoms with Gasteiger partial charge in [0.2, 0.25) is 23.9 Å². The maximum absolute atomic E-state index is 14.1. The van der Waals surface area contributed by atoms with E-state index >= 15 is 0 Å². The third-order valence-corrected chi connectivity index (χ3v) is 13.3. The Hall–Kier alpha value is -6.86. The molecular formula is C51H60Cl2FN9O13. The molecule has 1 unspecified atom stereocenters. The Morgan fingerprint density at radius 2 is 1.45 bits per heavy atom. The van der Waals surface area contributed by atoms with Crippen molar-refractivity contribution in [2.75, 3.05) is 96.3 Å². The molecule has 2 fully saturated rings. The number of carbonyl (C=O) groups is 7. The van der Waals surface area contributed by atoms with Crippen LogP contribution in [-0.2, 0) is 47.6 Å². The average Bonchev–Trinajstić information content (AvgIpc) is 3.89. The summed E-state index contributed by atoms with van der Waals surface area (Å²) in [6.45, 7) is 8.01. The number of benzene rings is 3. The summed E-state index contributed by atoms with van der Waals surface area (Å²) >= 11 is 12.3. The predicted octanol–water partition coefficient (Wildman–Crippen LogP) is 3.41. The molecule has 0 aliphatic carbocycles. The topological polar surface area (TPSA) is 285 Å². The van der Waals surface area contributed by atoms with Crippen LogP contribution in [-0.4, -0.2) is 160 Å². The van der Waals surface area contributed by atoms with Gasteiger partial charge < -0.3 is 65.6 Å². The van der Waals surface area contributed by atoms with E-state index in [1.54, 1.807) is 46.2 Å². The van der Waals surface area contributed by atoms with E-state index in [0.717, 1.165) is 11.0 Å². The smallest absolute Gasteiger partial charge is 0.271 e. The summed E-state index contributed by atoms with van der Waals surface area (Å²) in [7, 11) is 0. The van der Waals surface area contributed by atoms with Gasteiger partial charge in [-0.2, -0.15) is 0 Å². The molecule has 4 heterocycles. The number of hydrogen-bond donors (Lipinski definition) is 6. The van der Waals surface area contributed by atoms with Crippen LogP contribution in [0.15, 0.2) is 78.0 Å². The summed E-state index contributed by atoms with van der Waals surface area (Å²) in [6, 6.07) is 12.1. The third-order valence-electron chi connectivity index (χ3n) is 12.5. The van der Waals surface area contributed by atoms with Crippen LogP contribution in [0.5, 0.6) is 0 Å². The van der Waals surface area contributed by atoms with Gasteiger partial charge in [0.1, 0.15) is 23.4 Å². The van der Waals surface area contributed by atoms with Crippen molar-refractivity contribution in [3.05, 3.63) is 116 Å². The van der Waals surface area contributed by atoms with E-state index in [4.69, 9.17) is 63.1 Å². The van der Waals surface area contributed by atoms with Crippen LogP contribution in [0.2, 0.25) is 10.0 Å². The minimum absolute atomic E-state index is 0.0167. The van der Waals surface area contributed by atoms with Crippen molar-refractivity contribution < 1.29 is 66.4 Å². The summed E-state index contributed by atoms with van der Waals surface area (Å²) in [4.78, 5) is 94.3. The summed E-state index contributed by atoms with van der Waals surface area (Å²) in [5.74, 6) is -3.90. The molecule has 7 rings (SSSR count). The zero-order chi connectivity index (χ0) is 54.5. The molecule has 22 nitrogen and oxygen atoms in total. The number of rotatable bonds is 25. The number of halogens is 3. The molecule has 8 N–H and O–H groups in total. The van der Waals surface area contributed by atoms with Gasteiger partial charge in [-0.1, -0.05) is 29.3 Å². The monoisotopic (exact) mass is 1100 g/mol. The normalized spacial score (nSPS) is 19.6. The van der Waals surface area contributed by atoms with Gasteiger partial charge in [0.05, 0.1) is 99.2 Å². The molecule has 4 aliphatic heterocycles. The van der Waals surface area contributed by atoms with Crippen LogP contribution in [0.1, 0.15) is 76.0 Å². The number of piperazine rings is 1. The van der Waals surface area contributed by atoms with Gasteiger partial charge in [-0.15, -0.1) is 0 Å². The van der Waals surface area contributed by atoms with E-state index in [-0.39, 0.29) is 93.8 Å². The second-order valence-corrected chi connectivity index (χ2v) is 18.7. The Morgan fingerprint density at radius 1 is 0.829 bits per heavy atom. The first-order valence-corrected chi connectivity index (χ1v) is 25.3. The Balaban J connectivity index is 0.690. The van der Waals surface area contributed by atoms with Crippen molar-refractivity contribution in [1.29, 1.82) is 0 Å². The van der Waals surface area contributed by atoms with E-state index < -0.39 is 47.6 Å². The molecule has 408 valence electrons. The second-order valence-electron chi connectivity index (χ2n) is 17.9. The van der Waals surface area contributed by atoms with Gasteiger partial charge in [0.25, 0.3) is 23.6 Å². The van der Waals surface area contributed by atoms with Crippen LogP contribution < -0.4 is 32.7 Å². The molecule has 0 spiro atoms. The lowest BCUT2D eigenvalue weighted by Gasteiger charge is -2.44. The molecule has 2 saturated heterocycles. The first-order valence-electron chi connectivity index (χ1n) is 24.6. The molecular weight excluding hydrogens is 1040 g/mol. The second kappa shape index (κ2) is 26.8. The van der Waals surface area contributed by atoms with Crippen molar-refractivity contribution in [3.8, 4) is 0 Å². The van der Waals surface area contributed by atoms with E-state index in [9.17, 15) is 38.0 Å². The van der Waals surface area contributed by atoms with Gasteiger partial charge in [-0.3, -0.25) is 43.8 Å². The minimum Gasteiger partial charge on any atom is -0.462 e. The van der Waals surface area contributed by atoms with Crippen LogP contribution in [0.4, 0.5) is 15.8 Å². The lowest BCUT2D eigenvalue weighted by molar-refractivity contribution is -0.140. The highest BCUT2D eigenvalue weighted by atomic mass is 35.5. The SMILES string of the molecule is C[C@@H]1CN(C(=O)c2ccc(NC(=O)/C(N)=C/C3=C(N)N[C@H](c4c(Cl)ccc(F)c4Cl)O3)cc2)C[C@H](C)N1C(=O)CCOCCOCCOCCOCCOCCNc1cccc2c1C(=O)N(C1CCC(=O)NC1=O)C2=O. The molecule has 0 radical (unpaired) electrons. The van der Waals surface area contributed by atoms with Gasteiger partial charge in [-0.05, 0) is 68.8 Å². The number of fused-ring (bicyclic) bond motifs is 1. The van der Waals surface area contributed by atoms with Crippen molar-refractivity contribution in [1.82, 2.24) is 25.3 Å². The van der Waals surface area contributed by atoms with Gasteiger partial charge >= 0.3 is 0 Å². The molecule has 76 heavy (non-hydrogen) atoms. The summed E-state index contributed by atoms with van der Waals surface area (Å²) < 4.78 is 47.8. The number of hydrogen-bond acceptors (Lipinski definition) is 17. The number of allylic oxidation sites excluding steroid dienone is 1. The van der Waals surface area contributed by atoms with E-state index in [2.05, 4.69) is 21.3 Å². The Kier molecular flexibility index (Phi) is 20.0. The molecule has 4 atom stereocenters. The van der Waals surface area contributed by atoms with Gasteiger partial charge in [0.15, 0.2) is 5.76 Å². The highest BCUT2D eigenvalue weighted by molar-refractivity contribution is 6.36. The van der Waals surface area contributed by atoms with Crippen molar-refractivity contribution >= 4 is 75.9 Å². The lowest BCUT2D eigenvalue weighted by atomic mass is 10.0. The van der Waals surface area contributed by atoms with Crippen LogP contribution in [0.3, 0.4) is 0 Å². The van der Waals surface area contributed by atoms with Crippen LogP contribution in [0, 0.1) is 5.82 Å². The zero-order valence-electron chi connectivity index (χ0n) is 41.8. The number of nitrogens with one attached hydrogen (secondary N) is 4. The van der Waals surface area contributed by atoms with Crippen LogP contribution in [0.25, 0.3) is 0 Å². The fourth-order valence-electron chi connectivity index (χ4n) is 8.92. The number of ether oxygens (including phenoxy) is 6. The lowest BCUT2D eigenvalue weighted by Crippen LogP contribution is -2.59. The van der Waals surface area contributed by atoms with Crippen molar-refractivity contribution in [3.63, 3.8) is 0 Å². The van der Waals surface area contributed by atoms with Crippen LogP contribution >= 0.6 is 23.2 Å². The fraction of sp³-hybridized carbons (Fsp3) is 0.431. The average molecular weight is 1100 g/mol. The molecule has 4 aliphatic rings. The van der Waals surface area contributed by atoms with Crippen molar-refractivity contribution in [2.24, 2.45) is 11.5 Å². The molecule has 25 heteroatoms. The summed E-state index contributed by atoms with van der Waals surface area (Å²) in [5, 5.41) is 10.7. The number of carbonyl (C=O) groups excluding carboxylic acids is 7. The Bertz CT molecular complexity index is 2720. The van der Waals surface area contributed by atoms with Gasteiger partial charge in [0, 0.05) is 61.2 Å². The first-order chi connectivity index (χ1) is 36.5. The number of anilines is 2. The van der Waals surface area contributed by atoms with E-state index in [0.29, 0.717) is 96.0 Å².